The van der Waals surface area contributed by atoms with Crippen molar-refractivity contribution in [3.8, 4) is 0 Å². The van der Waals surface area contributed by atoms with Gasteiger partial charge in [0.2, 0.25) is 10.0 Å². The molecule has 3 N–H and O–H groups in total. The third-order valence-corrected chi connectivity index (χ3v) is 5.40. The Morgan fingerprint density at radius 3 is 2.60 bits per heavy atom. The van der Waals surface area contributed by atoms with Crippen LogP contribution >= 0.6 is 0 Å². The van der Waals surface area contributed by atoms with E-state index in [1.165, 1.54) is 0 Å². The van der Waals surface area contributed by atoms with E-state index in [0.717, 1.165) is 31.4 Å². The first-order chi connectivity index (χ1) is 9.60. The normalized spacial score (nSPS) is 21.2. The molecule has 7 heteroatoms. The molecule has 0 amide bonds. The number of nitrogens with two attached hydrogens (primary N) is 1. The predicted octanol–water partition coefficient (Wildman–Crippen LogP) is 0.739. The molecular weight excluding hydrogens is 278 g/mol. The Balaban J connectivity index is 1.79. The number of hydrogen-bond donors (Lipinski definition) is 2. The van der Waals surface area contributed by atoms with Crippen LogP contribution in [0.3, 0.4) is 0 Å². The lowest BCUT2D eigenvalue weighted by Crippen LogP contribution is -2.38. The molecule has 1 aromatic heterocycles. The molecule has 6 nitrogen and oxygen atoms in total. The number of nitrogens with zero attached hydrogens (tertiary/aromatic N) is 1. The van der Waals surface area contributed by atoms with Gasteiger partial charge in [-0.25, -0.2) is 13.1 Å². The second-order valence-corrected chi connectivity index (χ2v) is 7.23. The van der Waals surface area contributed by atoms with Gasteiger partial charge in [0.05, 0.1) is 4.90 Å². The molecule has 1 saturated heterocycles. The molecule has 0 unspecified atom stereocenters. The lowest BCUT2D eigenvalue weighted by atomic mass is 10.1. The number of ether oxygens (including phenoxy) is 1. The Hall–Kier alpha value is -0.890. The van der Waals surface area contributed by atoms with Crippen molar-refractivity contribution in [3.63, 3.8) is 0 Å². The predicted molar refractivity (Wildman–Crippen MR) is 74.8 cm³/mol. The van der Waals surface area contributed by atoms with E-state index in [1.54, 1.807) is 12.3 Å². The van der Waals surface area contributed by atoms with E-state index in [9.17, 15) is 8.42 Å². The van der Waals surface area contributed by atoms with Crippen LogP contribution in [0.5, 0.6) is 0 Å². The van der Waals surface area contributed by atoms with Crippen LogP contribution in [-0.2, 0) is 21.3 Å². The summed E-state index contributed by atoms with van der Waals surface area (Å²) in [4.78, 5) is 0.330. The van der Waals surface area contributed by atoms with Crippen LogP contribution in [0.2, 0.25) is 0 Å². The minimum Gasteiger partial charge on any atom is -0.381 e. The number of aromatic nitrogens is 1. The number of rotatable bonds is 5. The second-order valence-electron chi connectivity index (χ2n) is 5.52. The highest BCUT2D eigenvalue weighted by Gasteiger charge is 2.29. The molecule has 1 aliphatic heterocycles. The second kappa shape index (κ2) is 5.48. The Labute approximate surface area is 119 Å². The summed E-state index contributed by atoms with van der Waals surface area (Å²) in [6.45, 7) is 1.60. The molecule has 0 atom stereocenters. The zero-order valence-corrected chi connectivity index (χ0v) is 12.2. The summed E-state index contributed by atoms with van der Waals surface area (Å²) in [5.41, 5.74) is 6.59. The Morgan fingerprint density at radius 1 is 1.30 bits per heavy atom. The third kappa shape index (κ3) is 2.90. The van der Waals surface area contributed by atoms with Gasteiger partial charge in [-0.1, -0.05) is 0 Å². The van der Waals surface area contributed by atoms with Crippen LogP contribution in [0.25, 0.3) is 0 Å². The lowest BCUT2D eigenvalue weighted by molar-refractivity contribution is 0.0832. The molecule has 1 aliphatic carbocycles. The molecule has 0 bridgehead atoms. The van der Waals surface area contributed by atoms with Crippen molar-refractivity contribution in [1.29, 1.82) is 0 Å². The van der Waals surface area contributed by atoms with Gasteiger partial charge < -0.3 is 15.0 Å². The van der Waals surface area contributed by atoms with Gasteiger partial charge in [-0.05, 0) is 31.7 Å². The van der Waals surface area contributed by atoms with Crippen molar-refractivity contribution in [2.24, 2.45) is 5.73 Å². The van der Waals surface area contributed by atoms with Crippen molar-refractivity contribution in [2.45, 2.75) is 49.2 Å². The average Bonchev–Trinajstić information content (AvgIpc) is 3.18. The van der Waals surface area contributed by atoms with Crippen LogP contribution in [0, 0.1) is 0 Å². The van der Waals surface area contributed by atoms with Crippen molar-refractivity contribution in [1.82, 2.24) is 9.29 Å². The summed E-state index contributed by atoms with van der Waals surface area (Å²) in [6, 6.07) is 2.10. The van der Waals surface area contributed by atoms with E-state index in [4.69, 9.17) is 10.5 Å². The van der Waals surface area contributed by atoms with Gasteiger partial charge in [-0.15, -0.1) is 0 Å². The molecule has 2 aliphatic rings. The molecule has 20 heavy (non-hydrogen) atoms. The average molecular weight is 299 g/mol. The molecule has 0 radical (unpaired) electrons. The van der Waals surface area contributed by atoms with Crippen LogP contribution < -0.4 is 10.5 Å². The minimum atomic E-state index is -3.46. The summed E-state index contributed by atoms with van der Waals surface area (Å²) in [6.07, 6.45) is 5.39. The van der Waals surface area contributed by atoms with Crippen LogP contribution in [0.15, 0.2) is 17.2 Å². The summed E-state index contributed by atoms with van der Waals surface area (Å²) < 4.78 is 34.9. The fourth-order valence-corrected chi connectivity index (χ4v) is 3.96. The largest absolute Gasteiger partial charge is 0.381 e. The minimum absolute atomic E-state index is 0.0284. The van der Waals surface area contributed by atoms with Crippen LogP contribution in [0.4, 0.5) is 0 Å². The SMILES string of the molecule is NCc1cc(S(=O)(=O)NC2CCOCC2)cn1C1CC1. The maximum atomic E-state index is 12.4. The first-order valence-electron chi connectivity index (χ1n) is 7.11. The highest BCUT2D eigenvalue weighted by Crippen LogP contribution is 2.37. The molecule has 1 aromatic rings. The molecule has 2 fully saturated rings. The number of hydrogen-bond acceptors (Lipinski definition) is 4. The third-order valence-electron chi connectivity index (χ3n) is 3.91. The fraction of sp³-hybridized carbons (Fsp3) is 0.692. The van der Waals surface area contributed by atoms with Gasteiger partial charge in [0.1, 0.15) is 0 Å². The first-order valence-corrected chi connectivity index (χ1v) is 8.59. The molecule has 112 valence electrons. The molecule has 2 heterocycles. The van der Waals surface area contributed by atoms with E-state index < -0.39 is 10.0 Å². The van der Waals surface area contributed by atoms with Gasteiger partial charge in [0.15, 0.2) is 0 Å². The standard InChI is InChI=1S/C13H21N3O3S/c14-8-12-7-13(9-16(12)11-1-2-11)20(17,18)15-10-3-5-19-6-4-10/h7,9-11,15H,1-6,8,14H2. The van der Waals surface area contributed by atoms with Crippen molar-refractivity contribution >= 4 is 10.0 Å². The molecule has 3 rings (SSSR count). The zero-order chi connectivity index (χ0) is 14.2. The van der Waals surface area contributed by atoms with Gasteiger partial charge in [-0.2, -0.15) is 0 Å². The van der Waals surface area contributed by atoms with Gasteiger partial charge in [0, 0.05) is 43.7 Å². The first kappa shape index (κ1) is 14.1. The molecule has 0 spiro atoms. The van der Waals surface area contributed by atoms with Crippen LogP contribution in [-0.4, -0.2) is 32.2 Å². The Bertz CT molecular complexity index is 572. The number of sulfonamides is 1. The quantitative estimate of drug-likeness (QED) is 0.839. The topological polar surface area (TPSA) is 86.3 Å². The van der Waals surface area contributed by atoms with E-state index in [2.05, 4.69) is 4.72 Å². The van der Waals surface area contributed by atoms with Gasteiger partial charge >= 0.3 is 0 Å². The molecule has 1 saturated carbocycles. The van der Waals surface area contributed by atoms with Crippen molar-refractivity contribution in [2.75, 3.05) is 13.2 Å². The summed E-state index contributed by atoms with van der Waals surface area (Å²) in [5, 5.41) is 0. The van der Waals surface area contributed by atoms with Crippen molar-refractivity contribution < 1.29 is 13.2 Å². The van der Waals surface area contributed by atoms with E-state index >= 15 is 0 Å². The highest BCUT2D eigenvalue weighted by atomic mass is 32.2. The smallest absolute Gasteiger partial charge is 0.242 e. The monoisotopic (exact) mass is 299 g/mol. The van der Waals surface area contributed by atoms with E-state index in [1.807, 2.05) is 4.57 Å². The Morgan fingerprint density at radius 2 is 2.00 bits per heavy atom. The number of nitrogens with one attached hydrogen (secondary N) is 1. The summed E-state index contributed by atoms with van der Waals surface area (Å²) in [5.74, 6) is 0. The van der Waals surface area contributed by atoms with E-state index in [-0.39, 0.29) is 6.04 Å². The summed E-state index contributed by atoms with van der Waals surface area (Å²) >= 11 is 0. The maximum Gasteiger partial charge on any atom is 0.242 e. The zero-order valence-electron chi connectivity index (χ0n) is 11.4. The highest BCUT2D eigenvalue weighted by molar-refractivity contribution is 7.89. The Kier molecular flexibility index (Phi) is 3.85. The molecular formula is C13H21N3O3S. The maximum absolute atomic E-state index is 12.4. The molecule has 0 aromatic carbocycles. The van der Waals surface area contributed by atoms with Crippen molar-refractivity contribution in [3.05, 3.63) is 18.0 Å². The van der Waals surface area contributed by atoms with E-state index in [0.29, 0.717) is 30.7 Å². The lowest BCUT2D eigenvalue weighted by Gasteiger charge is -2.22. The van der Waals surface area contributed by atoms with Gasteiger partial charge in [-0.3, -0.25) is 0 Å². The van der Waals surface area contributed by atoms with Crippen LogP contribution in [0.1, 0.15) is 37.4 Å². The van der Waals surface area contributed by atoms with Gasteiger partial charge in [0.25, 0.3) is 0 Å². The fourth-order valence-electron chi connectivity index (χ4n) is 2.60. The summed E-state index contributed by atoms with van der Waals surface area (Å²) in [7, 11) is -3.46.